The summed E-state index contributed by atoms with van der Waals surface area (Å²) >= 11 is 0. The third-order valence-corrected chi connectivity index (χ3v) is 4.42. The zero-order valence-electron chi connectivity index (χ0n) is 14.7. The fourth-order valence-corrected chi connectivity index (χ4v) is 3.11. The molecular formula is C20H27IN4. The van der Waals surface area contributed by atoms with E-state index in [1.54, 1.807) is 0 Å². The van der Waals surface area contributed by atoms with Crippen LogP contribution in [0.15, 0.2) is 65.7 Å². The van der Waals surface area contributed by atoms with Crippen LogP contribution in [0, 0.1) is 0 Å². The van der Waals surface area contributed by atoms with E-state index in [4.69, 9.17) is 0 Å². The van der Waals surface area contributed by atoms with E-state index in [0.717, 1.165) is 38.4 Å². The van der Waals surface area contributed by atoms with Gasteiger partial charge in [0.25, 0.3) is 0 Å². The molecule has 2 aromatic rings. The molecule has 1 aliphatic rings. The Hall–Kier alpha value is -1.76. The highest BCUT2D eigenvalue weighted by atomic mass is 127. The number of guanidine groups is 1. The minimum absolute atomic E-state index is 0. The largest absolute Gasteiger partial charge is 0.369 e. The van der Waals surface area contributed by atoms with E-state index in [2.05, 4.69) is 81.2 Å². The highest BCUT2D eigenvalue weighted by Crippen LogP contribution is 2.19. The molecule has 0 bridgehead atoms. The molecule has 0 amide bonds. The Morgan fingerprint density at radius 3 is 2.44 bits per heavy atom. The van der Waals surface area contributed by atoms with Gasteiger partial charge in [-0.3, -0.25) is 4.99 Å². The van der Waals surface area contributed by atoms with Crippen LogP contribution in [0.4, 0.5) is 5.69 Å². The van der Waals surface area contributed by atoms with Crippen LogP contribution in [0.25, 0.3) is 0 Å². The molecule has 134 valence electrons. The number of halogens is 1. The molecule has 1 atom stereocenters. The van der Waals surface area contributed by atoms with Crippen molar-refractivity contribution in [3.05, 3.63) is 66.2 Å². The fourth-order valence-electron chi connectivity index (χ4n) is 3.11. The topological polar surface area (TPSA) is 39.7 Å². The van der Waals surface area contributed by atoms with Crippen LogP contribution >= 0.6 is 24.0 Å². The summed E-state index contributed by atoms with van der Waals surface area (Å²) in [6.45, 7) is 2.99. The van der Waals surface area contributed by atoms with Crippen LogP contribution in [-0.2, 0) is 6.42 Å². The van der Waals surface area contributed by atoms with Gasteiger partial charge >= 0.3 is 0 Å². The Labute approximate surface area is 167 Å². The van der Waals surface area contributed by atoms with Crippen molar-refractivity contribution in [1.82, 2.24) is 10.6 Å². The van der Waals surface area contributed by atoms with Gasteiger partial charge in [-0.1, -0.05) is 48.5 Å². The van der Waals surface area contributed by atoms with Gasteiger partial charge in [0.05, 0.1) is 0 Å². The highest BCUT2D eigenvalue weighted by molar-refractivity contribution is 14.0. The minimum Gasteiger partial charge on any atom is -0.369 e. The Balaban J connectivity index is 0.00000225. The molecule has 2 N–H and O–H groups in total. The van der Waals surface area contributed by atoms with Gasteiger partial charge in [0, 0.05) is 38.4 Å². The lowest BCUT2D eigenvalue weighted by Gasteiger charge is -2.20. The number of nitrogens with one attached hydrogen (secondary N) is 2. The van der Waals surface area contributed by atoms with E-state index in [9.17, 15) is 0 Å². The quantitative estimate of drug-likeness (QED) is 0.417. The summed E-state index contributed by atoms with van der Waals surface area (Å²) in [5.74, 6) is 0.894. The first kappa shape index (κ1) is 19.6. The zero-order chi connectivity index (χ0) is 16.6. The van der Waals surface area contributed by atoms with E-state index in [1.165, 1.54) is 11.3 Å². The second-order valence-corrected chi connectivity index (χ2v) is 6.15. The normalized spacial score (nSPS) is 17.1. The number of aliphatic imine (C=N–C) groups is 1. The maximum absolute atomic E-state index is 4.36. The molecule has 5 heteroatoms. The van der Waals surface area contributed by atoms with E-state index < -0.39 is 0 Å². The zero-order valence-corrected chi connectivity index (χ0v) is 17.0. The van der Waals surface area contributed by atoms with Gasteiger partial charge in [-0.25, -0.2) is 0 Å². The molecule has 1 saturated heterocycles. The van der Waals surface area contributed by atoms with Crippen LogP contribution < -0.4 is 15.5 Å². The van der Waals surface area contributed by atoms with Gasteiger partial charge < -0.3 is 15.5 Å². The van der Waals surface area contributed by atoms with Crippen molar-refractivity contribution in [2.24, 2.45) is 4.99 Å². The van der Waals surface area contributed by atoms with Crippen LogP contribution in [0.1, 0.15) is 12.0 Å². The van der Waals surface area contributed by atoms with Crippen LogP contribution in [0.2, 0.25) is 0 Å². The van der Waals surface area contributed by atoms with Gasteiger partial charge in [-0.05, 0) is 30.5 Å². The van der Waals surface area contributed by atoms with Crippen LogP contribution in [-0.4, -0.2) is 38.7 Å². The summed E-state index contributed by atoms with van der Waals surface area (Å²) < 4.78 is 0. The molecule has 0 aromatic heterocycles. The molecule has 1 unspecified atom stereocenters. The van der Waals surface area contributed by atoms with Crippen molar-refractivity contribution < 1.29 is 0 Å². The number of hydrogen-bond donors (Lipinski definition) is 2. The summed E-state index contributed by atoms with van der Waals surface area (Å²) in [7, 11) is 1.84. The van der Waals surface area contributed by atoms with Crippen molar-refractivity contribution in [2.45, 2.75) is 18.9 Å². The van der Waals surface area contributed by atoms with Crippen LogP contribution in [0.3, 0.4) is 0 Å². The number of rotatable bonds is 5. The van der Waals surface area contributed by atoms with Crippen molar-refractivity contribution in [2.75, 3.05) is 31.6 Å². The number of benzene rings is 2. The van der Waals surface area contributed by atoms with E-state index in [1.807, 2.05) is 7.05 Å². The van der Waals surface area contributed by atoms with E-state index in [-0.39, 0.29) is 24.0 Å². The molecule has 0 spiro atoms. The Bertz CT molecular complexity index is 645. The van der Waals surface area contributed by atoms with Crippen molar-refractivity contribution in [3.63, 3.8) is 0 Å². The number of hydrogen-bond acceptors (Lipinski definition) is 2. The summed E-state index contributed by atoms with van der Waals surface area (Å²) in [6.07, 6.45) is 2.14. The maximum Gasteiger partial charge on any atom is 0.191 e. The monoisotopic (exact) mass is 450 g/mol. The molecule has 25 heavy (non-hydrogen) atoms. The number of nitrogens with zero attached hydrogens (tertiary/aromatic N) is 2. The molecule has 1 aliphatic heterocycles. The predicted octanol–water partition coefficient (Wildman–Crippen LogP) is 3.29. The molecule has 1 fully saturated rings. The van der Waals surface area contributed by atoms with Gasteiger partial charge in [-0.2, -0.15) is 0 Å². The summed E-state index contributed by atoms with van der Waals surface area (Å²) in [4.78, 5) is 6.78. The Morgan fingerprint density at radius 2 is 1.76 bits per heavy atom. The summed E-state index contributed by atoms with van der Waals surface area (Å²) in [6, 6.07) is 21.6. The molecule has 0 aliphatic carbocycles. The lowest BCUT2D eigenvalue weighted by molar-refractivity contribution is 0.648. The van der Waals surface area contributed by atoms with E-state index in [0.29, 0.717) is 6.04 Å². The average molecular weight is 450 g/mol. The first-order valence-corrected chi connectivity index (χ1v) is 8.66. The molecule has 0 radical (unpaired) electrons. The third kappa shape index (κ3) is 5.92. The second-order valence-electron chi connectivity index (χ2n) is 6.15. The summed E-state index contributed by atoms with van der Waals surface area (Å²) in [5, 5.41) is 6.97. The Kier molecular flexibility index (Phi) is 8.04. The minimum atomic E-state index is 0. The van der Waals surface area contributed by atoms with E-state index >= 15 is 0 Å². The lowest BCUT2D eigenvalue weighted by Crippen LogP contribution is -2.45. The molecule has 2 aromatic carbocycles. The van der Waals surface area contributed by atoms with Gasteiger partial charge in [0.1, 0.15) is 0 Å². The maximum atomic E-state index is 4.36. The lowest BCUT2D eigenvalue weighted by atomic mass is 10.1. The predicted molar refractivity (Wildman–Crippen MR) is 117 cm³/mol. The van der Waals surface area contributed by atoms with Crippen molar-refractivity contribution in [3.8, 4) is 0 Å². The standard InChI is InChI=1S/C20H26N4.HI/c1-21-20(22-14-12-17-8-4-2-5-9-17)23-18-13-15-24(16-18)19-10-6-3-7-11-19;/h2-11,18H,12-16H2,1H3,(H2,21,22,23);1H. The molecule has 1 heterocycles. The fraction of sp³-hybridized carbons (Fsp3) is 0.350. The van der Waals surface area contributed by atoms with Gasteiger partial charge in [-0.15, -0.1) is 24.0 Å². The first-order chi connectivity index (χ1) is 11.8. The molecule has 0 saturated carbocycles. The number of para-hydroxylation sites is 1. The first-order valence-electron chi connectivity index (χ1n) is 8.66. The molecular weight excluding hydrogens is 423 g/mol. The third-order valence-electron chi connectivity index (χ3n) is 4.42. The molecule has 4 nitrogen and oxygen atoms in total. The average Bonchev–Trinajstić information content (AvgIpc) is 3.11. The van der Waals surface area contributed by atoms with Gasteiger partial charge in [0.15, 0.2) is 5.96 Å². The Morgan fingerprint density at radius 1 is 1.08 bits per heavy atom. The molecule has 3 rings (SSSR count). The van der Waals surface area contributed by atoms with Gasteiger partial charge in [0.2, 0.25) is 0 Å². The van der Waals surface area contributed by atoms with Crippen molar-refractivity contribution >= 4 is 35.6 Å². The SMILES string of the molecule is CN=C(NCCc1ccccc1)NC1CCN(c2ccccc2)C1.I. The second kappa shape index (κ2) is 10.3. The number of anilines is 1. The smallest absolute Gasteiger partial charge is 0.191 e. The summed E-state index contributed by atoms with van der Waals surface area (Å²) in [5.41, 5.74) is 2.64. The van der Waals surface area contributed by atoms with Crippen LogP contribution in [0.5, 0.6) is 0 Å². The van der Waals surface area contributed by atoms with Crippen molar-refractivity contribution in [1.29, 1.82) is 0 Å². The highest BCUT2D eigenvalue weighted by Gasteiger charge is 2.23.